The molecule has 0 unspecified atom stereocenters. The van der Waals surface area contributed by atoms with Crippen molar-refractivity contribution in [3.8, 4) is 10.4 Å². The van der Waals surface area contributed by atoms with Crippen LogP contribution in [0.1, 0.15) is 32.2 Å². The minimum atomic E-state index is -4.41. The molecule has 0 aliphatic heterocycles. The van der Waals surface area contributed by atoms with Gasteiger partial charge < -0.3 is 5.73 Å². The number of aryl methyl sites for hydroxylation is 1. The molecule has 2 aromatic carbocycles. The van der Waals surface area contributed by atoms with E-state index in [9.17, 15) is 18.0 Å². The van der Waals surface area contributed by atoms with E-state index >= 15 is 0 Å². The molecule has 0 bridgehead atoms. The fourth-order valence-corrected chi connectivity index (χ4v) is 4.24. The van der Waals surface area contributed by atoms with Crippen molar-refractivity contribution in [2.75, 3.05) is 0 Å². The van der Waals surface area contributed by atoms with Gasteiger partial charge in [0.25, 0.3) is 5.91 Å². The Kier molecular flexibility index (Phi) is 5.03. The lowest BCUT2D eigenvalue weighted by Gasteiger charge is -2.11. The molecule has 0 radical (unpaired) electrons. The van der Waals surface area contributed by atoms with Crippen molar-refractivity contribution in [3.63, 3.8) is 0 Å². The van der Waals surface area contributed by atoms with E-state index in [2.05, 4.69) is 9.97 Å². The number of thiophene rings is 1. The summed E-state index contributed by atoms with van der Waals surface area (Å²) in [5, 5.41) is 0. The Balaban J connectivity index is 1.69. The van der Waals surface area contributed by atoms with Crippen LogP contribution in [0.5, 0.6) is 0 Å². The lowest BCUT2D eigenvalue weighted by molar-refractivity contribution is -0.138. The Labute approximate surface area is 174 Å². The number of hydrogen-bond acceptors (Lipinski definition) is 4. The highest BCUT2D eigenvalue weighted by molar-refractivity contribution is 7.15. The summed E-state index contributed by atoms with van der Waals surface area (Å²) in [4.78, 5) is 22.3. The third-order valence-corrected chi connectivity index (χ3v) is 5.84. The SMILES string of the molecule is Cc1ccc(-c2ccc(Cc3nc4ccccc4nc3C(N)=O)s2)cc1C(F)(F)F. The second kappa shape index (κ2) is 7.53. The zero-order valence-electron chi connectivity index (χ0n) is 15.8. The van der Waals surface area contributed by atoms with Crippen LogP contribution in [0.15, 0.2) is 54.6 Å². The smallest absolute Gasteiger partial charge is 0.364 e. The number of carbonyl (C=O) groups excluding carboxylic acids is 1. The van der Waals surface area contributed by atoms with Crippen LogP contribution in [-0.2, 0) is 12.6 Å². The number of primary amides is 1. The molecule has 152 valence electrons. The van der Waals surface area contributed by atoms with Crippen LogP contribution in [-0.4, -0.2) is 15.9 Å². The van der Waals surface area contributed by atoms with Crippen molar-refractivity contribution in [1.82, 2.24) is 9.97 Å². The number of halogens is 3. The quantitative estimate of drug-likeness (QED) is 0.476. The van der Waals surface area contributed by atoms with Crippen molar-refractivity contribution >= 4 is 28.3 Å². The summed E-state index contributed by atoms with van der Waals surface area (Å²) < 4.78 is 39.7. The highest BCUT2D eigenvalue weighted by atomic mass is 32.1. The fraction of sp³-hybridized carbons (Fsp3) is 0.136. The number of rotatable bonds is 4. The molecule has 0 aliphatic carbocycles. The van der Waals surface area contributed by atoms with Crippen molar-refractivity contribution < 1.29 is 18.0 Å². The third kappa shape index (κ3) is 3.91. The van der Waals surface area contributed by atoms with Crippen LogP contribution in [0.25, 0.3) is 21.5 Å². The molecule has 2 N–H and O–H groups in total. The number of aromatic nitrogens is 2. The van der Waals surface area contributed by atoms with Gasteiger partial charge in [0.15, 0.2) is 5.69 Å². The van der Waals surface area contributed by atoms with Gasteiger partial charge in [0.1, 0.15) is 0 Å². The number of benzene rings is 2. The minimum absolute atomic E-state index is 0.0957. The number of para-hydroxylation sites is 2. The molecular formula is C22H16F3N3OS. The molecule has 0 fully saturated rings. The maximum Gasteiger partial charge on any atom is 0.416 e. The molecule has 4 nitrogen and oxygen atoms in total. The van der Waals surface area contributed by atoms with Crippen LogP contribution in [0.2, 0.25) is 0 Å². The molecule has 0 atom stereocenters. The van der Waals surface area contributed by atoms with E-state index in [-0.39, 0.29) is 11.3 Å². The summed E-state index contributed by atoms with van der Waals surface area (Å²) in [6.07, 6.45) is -4.10. The standard InChI is InChI=1S/C22H16F3N3OS/c1-12-6-7-13(10-15(12)22(23,24)25)19-9-8-14(30-19)11-18-20(21(26)29)28-17-5-3-2-4-16(17)27-18/h2-10H,11H2,1H3,(H2,26,29). The molecule has 4 aromatic rings. The predicted molar refractivity (Wildman–Crippen MR) is 110 cm³/mol. The highest BCUT2D eigenvalue weighted by Gasteiger charge is 2.32. The number of nitrogens with zero attached hydrogens (tertiary/aromatic N) is 2. The summed E-state index contributed by atoms with van der Waals surface area (Å²) >= 11 is 1.34. The Morgan fingerprint density at radius 2 is 1.73 bits per heavy atom. The first kappa shape index (κ1) is 20.0. The Bertz CT molecular complexity index is 1260. The fourth-order valence-electron chi connectivity index (χ4n) is 3.23. The molecule has 4 rings (SSSR count). The Morgan fingerprint density at radius 1 is 1.03 bits per heavy atom. The monoisotopic (exact) mass is 427 g/mol. The number of alkyl halides is 3. The third-order valence-electron chi connectivity index (χ3n) is 4.71. The van der Waals surface area contributed by atoms with Gasteiger partial charge in [-0.15, -0.1) is 11.3 Å². The van der Waals surface area contributed by atoms with Crippen molar-refractivity contribution in [1.29, 1.82) is 0 Å². The maximum atomic E-state index is 13.2. The summed E-state index contributed by atoms with van der Waals surface area (Å²) in [6.45, 7) is 1.44. The summed E-state index contributed by atoms with van der Waals surface area (Å²) in [5.41, 5.74) is 7.25. The second-order valence-corrected chi connectivity index (χ2v) is 8.01. The molecule has 0 saturated carbocycles. The lowest BCUT2D eigenvalue weighted by atomic mass is 10.0. The van der Waals surface area contributed by atoms with E-state index < -0.39 is 17.6 Å². The first-order valence-corrected chi connectivity index (χ1v) is 9.86. The Hall–Kier alpha value is -3.26. The van der Waals surface area contributed by atoms with Gasteiger partial charge in [-0.3, -0.25) is 4.79 Å². The zero-order valence-corrected chi connectivity index (χ0v) is 16.6. The van der Waals surface area contributed by atoms with Gasteiger partial charge in [0.05, 0.1) is 22.3 Å². The zero-order chi connectivity index (χ0) is 21.5. The normalized spacial score (nSPS) is 11.7. The number of carbonyl (C=O) groups is 1. The lowest BCUT2D eigenvalue weighted by Crippen LogP contribution is -2.17. The van der Waals surface area contributed by atoms with Gasteiger partial charge in [-0.25, -0.2) is 9.97 Å². The van der Waals surface area contributed by atoms with E-state index in [1.807, 2.05) is 12.1 Å². The summed E-state index contributed by atoms with van der Waals surface area (Å²) in [6, 6.07) is 15.0. The first-order valence-electron chi connectivity index (χ1n) is 9.05. The van der Waals surface area contributed by atoms with Gasteiger partial charge in [-0.05, 0) is 48.4 Å². The first-order chi connectivity index (χ1) is 14.2. The summed E-state index contributed by atoms with van der Waals surface area (Å²) in [7, 11) is 0. The van der Waals surface area contributed by atoms with E-state index in [4.69, 9.17) is 5.73 Å². The number of fused-ring (bicyclic) bond motifs is 1. The van der Waals surface area contributed by atoms with E-state index in [0.29, 0.717) is 33.6 Å². The van der Waals surface area contributed by atoms with Crippen LogP contribution in [0.3, 0.4) is 0 Å². The maximum absolute atomic E-state index is 13.2. The van der Waals surface area contributed by atoms with Gasteiger partial charge in [0, 0.05) is 16.2 Å². The average Bonchev–Trinajstić information content (AvgIpc) is 3.15. The molecule has 2 aromatic heterocycles. The molecule has 0 saturated heterocycles. The van der Waals surface area contributed by atoms with Crippen LogP contribution in [0, 0.1) is 6.92 Å². The molecule has 0 aliphatic rings. The number of hydrogen-bond donors (Lipinski definition) is 1. The van der Waals surface area contributed by atoms with E-state index in [0.717, 1.165) is 10.9 Å². The van der Waals surface area contributed by atoms with Gasteiger partial charge >= 0.3 is 6.18 Å². The molecule has 30 heavy (non-hydrogen) atoms. The van der Waals surface area contributed by atoms with Crippen LogP contribution >= 0.6 is 11.3 Å². The van der Waals surface area contributed by atoms with E-state index in [1.165, 1.54) is 24.3 Å². The average molecular weight is 427 g/mol. The number of nitrogens with two attached hydrogens (primary N) is 1. The predicted octanol–water partition coefficient (Wildman–Crippen LogP) is 5.38. The van der Waals surface area contributed by atoms with Crippen LogP contribution < -0.4 is 5.73 Å². The topological polar surface area (TPSA) is 68.9 Å². The minimum Gasteiger partial charge on any atom is -0.364 e. The van der Waals surface area contributed by atoms with Crippen molar-refractivity contribution in [2.24, 2.45) is 5.73 Å². The largest absolute Gasteiger partial charge is 0.416 e. The second-order valence-electron chi connectivity index (χ2n) is 6.84. The molecule has 0 spiro atoms. The summed E-state index contributed by atoms with van der Waals surface area (Å²) in [5.74, 6) is -0.673. The number of amides is 1. The molecule has 8 heteroatoms. The van der Waals surface area contributed by atoms with Crippen LogP contribution in [0.4, 0.5) is 13.2 Å². The van der Waals surface area contributed by atoms with Gasteiger partial charge in [-0.2, -0.15) is 13.2 Å². The van der Waals surface area contributed by atoms with Gasteiger partial charge in [-0.1, -0.05) is 24.3 Å². The molecular weight excluding hydrogens is 411 g/mol. The van der Waals surface area contributed by atoms with Crippen molar-refractivity contribution in [2.45, 2.75) is 19.5 Å². The molecule has 1 amide bonds. The van der Waals surface area contributed by atoms with E-state index in [1.54, 1.807) is 30.3 Å². The van der Waals surface area contributed by atoms with Gasteiger partial charge in [0.2, 0.25) is 0 Å². The molecule has 2 heterocycles. The Morgan fingerprint density at radius 3 is 2.40 bits per heavy atom. The highest BCUT2D eigenvalue weighted by Crippen LogP contribution is 2.37. The van der Waals surface area contributed by atoms with Crippen molar-refractivity contribution in [3.05, 3.63) is 82.0 Å².